The maximum atomic E-state index is 11.2. The maximum Gasteiger partial charge on any atom is 0.306 e. The van der Waals surface area contributed by atoms with Crippen molar-refractivity contribution in [2.75, 3.05) is 44.7 Å². The van der Waals surface area contributed by atoms with Crippen LogP contribution in [0.4, 0.5) is 5.69 Å². The molecule has 0 amide bonds. The summed E-state index contributed by atoms with van der Waals surface area (Å²) < 4.78 is 4.70. The van der Waals surface area contributed by atoms with E-state index in [2.05, 4.69) is 52.3 Å². The third-order valence-corrected chi connectivity index (χ3v) is 4.34. The highest BCUT2D eigenvalue weighted by Crippen LogP contribution is 2.27. The zero-order chi connectivity index (χ0) is 15.4. The molecule has 116 valence electrons. The van der Waals surface area contributed by atoms with Gasteiger partial charge in [-0.2, -0.15) is 0 Å². The number of carbonyl (C=O) groups is 1. The first kappa shape index (κ1) is 14.9. The van der Waals surface area contributed by atoms with E-state index in [1.807, 2.05) is 0 Å². The molecule has 1 aliphatic rings. The lowest BCUT2D eigenvalue weighted by Gasteiger charge is -2.36. The lowest BCUT2D eigenvalue weighted by atomic mass is 10.1. The summed E-state index contributed by atoms with van der Waals surface area (Å²) in [6.45, 7) is 4.75. The Morgan fingerprint density at radius 3 is 2.55 bits per heavy atom. The number of piperazine rings is 1. The molecular weight excluding hydrogens is 276 g/mol. The van der Waals surface area contributed by atoms with E-state index in [0.717, 1.165) is 32.7 Å². The summed E-state index contributed by atoms with van der Waals surface area (Å²) in [6, 6.07) is 15.0. The molecule has 2 aromatic carbocycles. The zero-order valence-electron chi connectivity index (χ0n) is 13.0. The molecule has 22 heavy (non-hydrogen) atoms. The minimum atomic E-state index is -0.128. The number of rotatable bonds is 4. The fourth-order valence-corrected chi connectivity index (χ4v) is 3.05. The van der Waals surface area contributed by atoms with Crippen LogP contribution < -0.4 is 4.90 Å². The third kappa shape index (κ3) is 3.22. The molecule has 1 fully saturated rings. The van der Waals surface area contributed by atoms with Gasteiger partial charge in [0, 0.05) is 43.8 Å². The number of nitrogens with zero attached hydrogens (tertiary/aromatic N) is 2. The number of anilines is 1. The Bertz CT molecular complexity index is 643. The van der Waals surface area contributed by atoms with Crippen molar-refractivity contribution in [1.82, 2.24) is 4.90 Å². The van der Waals surface area contributed by atoms with Gasteiger partial charge < -0.3 is 9.64 Å². The summed E-state index contributed by atoms with van der Waals surface area (Å²) in [5.74, 6) is -0.128. The van der Waals surface area contributed by atoms with Gasteiger partial charge in [0.05, 0.1) is 13.5 Å². The van der Waals surface area contributed by atoms with Crippen LogP contribution in [0, 0.1) is 0 Å². The first-order chi connectivity index (χ1) is 10.8. The van der Waals surface area contributed by atoms with Crippen LogP contribution in [0.3, 0.4) is 0 Å². The summed E-state index contributed by atoms with van der Waals surface area (Å²) in [7, 11) is 1.45. The van der Waals surface area contributed by atoms with E-state index in [1.54, 1.807) is 0 Å². The van der Waals surface area contributed by atoms with E-state index in [9.17, 15) is 4.79 Å². The SMILES string of the molecule is COC(=O)CCN1CCN(c2cccc3ccccc23)CC1. The van der Waals surface area contributed by atoms with Gasteiger partial charge in [-0.3, -0.25) is 9.69 Å². The maximum absolute atomic E-state index is 11.2. The van der Waals surface area contributed by atoms with E-state index < -0.39 is 0 Å². The second-order valence-corrected chi connectivity index (χ2v) is 5.65. The minimum Gasteiger partial charge on any atom is -0.469 e. The Morgan fingerprint density at radius 2 is 1.77 bits per heavy atom. The molecule has 0 spiro atoms. The summed E-state index contributed by atoms with van der Waals surface area (Å²) in [5.41, 5.74) is 1.31. The van der Waals surface area contributed by atoms with Crippen molar-refractivity contribution in [3.8, 4) is 0 Å². The van der Waals surface area contributed by atoms with E-state index >= 15 is 0 Å². The Labute approximate surface area is 131 Å². The van der Waals surface area contributed by atoms with Gasteiger partial charge in [0.1, 0.15) is 0 Å². The largest absolute Gasteiger partial charge is 0.469 e. The number of fused-ring (bicyclic) bond motifs is 1. The predicted molar refractivity (Wildman–Crippen MR) is 89.2 cm³/mol. The lowest BCUT2D eigenvalue weighted by molar-refractivity contribution is -0.141. The molecule has 1 aliphatic heterocycles. The predicted octanol–water partition coefficient (Wildman–Crippen LogP) is 2.52. The summed E-state index contributed by atoms with van der Waals surface area (Å²) in [5, 5.41) is 2.60. The first-order valence-corrected chi connectivity index (χ1v) is 7.80. The highest BCUT2D eigenvalue weighted by Gasteiger charge is 2.19. The van der Waals surface area contributed by atoms with Gasteiger partial charge in [-0.05, 0) is 11.5 Å². The normalized spacial score (nSPS) is 16.0. The fraction of sp³-hybridized carbons (Fsp3) is 0.389. The number of methoxy groups -OCH3 is 1. The number of ether oxygens (including phenoxy) is 1. The average molecular weight is 298 g/mol. The summed E-state index contributed by atoms with van der Waals surface area (Å²) >= 11 is 0. The molecule has 2 aromatic rings. The number of hydrogen-bond donors (Lipinski definition) is 0. The Morgan fingerprint density at radius 1 is 1.05 bits per heavy atom. The fourth-order valence-electron chi connectivity index (χ4n) is 3.05. The molecule has 4 heteroatoms. The second-order valence-electron chi connectivity index (χ2n) is 5.65. The van der Waals surface area contributed by atoms with Crippen molar-refractivity contribution in [1.29, 1.82) is 0 Å². The van der Waals surface area contributed by atoms with Gasteiger partial charge in [0.2, 0.25) is 0 Å². The number of hydrogen-bond acceptors (Lipinski definition) is 4. The Kier molecular flexibility index (Phi) is 4.59. The summed E-state index contributed by atoms with van der Waals surface area (Å²) in [6.07, 6.45) is 0.477. The molecule has 0 radical (unpaired) electrons. The zero-order valence-corrected chi connectivity index (χ0v) is 13.0. The molecule has 4 nitrogen and oxygen atoms in total. The van der Waals surface area contributed by atoms with Crippen molar-refractivity contribution >= 4 is 22.4 Å². The van der Waals surface area contributed by atoms with Crippen molar-refractivity contribution < 1.29 is 9.53 Å². The van der Waals surface area contributed by atoms with E-state index in [-0.39, 0.29) is 5.97 Å². The standard InChI is InChI=1S/C18H22N2O2/c1-22-18(21)9-10-19-11-13-20(14-12-19)17-8-4-6-15-5-2-3-7-16(15)17/h2-8H,9-14H2,1H3. The van der Waals surface area contributed by atoms with Crippen molar-refractivity contribution in [3.05, 3.63) is 42.5 Å². The van der Waals surface area contributed by atoms with Gasteiger partial charge in [-0.25, -0.2) is 0 Å². The highest BCUT2D eigenvalue weighted by molar-refractivity contribution is 5.94. The third-order valence-electron chi connectivity index (χ3n) is 4.34. The second kappa shape index (κ2) is 6.79. The number of esters is 1. The smallest absolute Gasteiger partial charge is 0.306 e. The van der Waals surface area contributed by atoms with Crippen LogP contribution in [0.2, 0.25) is 0 Å². The lowest BCUT2D eigenvalue weighted by Crippen LogP contribution is -2.47. The van der Waals surface area contributed by atoms with E-state index in [0.29, 0.717) is 6.42 Å². The molecule has 0 unspecified atom stereocenters. The van der Waals surface area contributed by atoms with Crippen LogP contribution >= 0.6 is 0 Å². The van der Waals surface area contributed by atoms with Crippen LogP contribution in [0.1, 0.15) is 6.42 Å². The van der Waals surface area contributed by atoms with E-state index in [4.69, 9.17) is 4.74 Å². The van der Waals surface area contributed by atoms with Crippen LogP contribution in [0.15, 0.2) is 42.5 Å². The Balaban J connectivity index is 1.64. The van der Waals surface area contributed by atoms with Crippen LogP contribution in [-0.4, -0.2) is 50.7 Å². The molecule has 1 saturated heterocycles. The van der Waals surface area contributed by atoms with Crippen molar-refractivity contribution in [2.45, 2.75) is 6.42 Å². The molecular formula is C18H22N2O2. The molecule has 0 saturated carbocycles. The molecule has 3 rings (SSSR count). The van der Waals surface area contributed by atoms with Gasteiger partial charge >= 0.3 is 5.97 Å². The Hall–Kier alpha value is -2.07. The average Bonchev–Trinajstić information content (AvgIpc) is 2.59. The minimum absolute atomic E-state index is 0.128. The first-order valence-electron chi connectivity index (χ1n) is 7.80. The highest BCUT2D eigenvalue weighted by atomic mass is 16.5. The van der Waals surface area contributed by atoms with Gasteiger partial charge in [-0.1, -0.05) is 36.4 Å². The van der Waals surface area contributed by atoms with Crippen molar-refractivity contribution in [3.63, 3.8) is 0 Å². The summed E-state index contributed by atoms with van der Waals surface area (Å²) in [4.78, 5) is 16.0. The quantitative estimate of drug-likeness (QED) is 0.812. The monoisotopic (exact) mass is 298 g/mol. The van der Waals surface area contributed by atoms with Crippen LogP contribution in [0.5, 0.6) is 0 Å². The van der Waals surface area contributed by atoms with Crippen molar-refractivity contribution in [2.24, 2.45) is 0 Å². The van der Waals surface area contributed by atoms with Gasteiger partial charge in [0.25, 0.3) is 0 Å². The van der Waals surface area contributed by atoms with Crippen LogP contribution in [0.25, 0.3) is 10.8 Å². The molecule has 0 atom stereocenters. The molecule has 0 aliphatic carbocycles. The van der Waals surface area contributed by atoms with Gasteiger partial charge in [-0.15, -0.1) is 0 Å². The molecule has 0 N–H and O–H groups in total. The number of benzene rings is 2. The molecule has 0 bridgehead atoms. The number of carbonyl (C=O) groups excluding carboxylic acids is 1. The molecule has 1 heterocycles. The topological polar surface area (TPSA) is 32.8 Å². The van der Waals surface area contributed by atoms with Crippen LogP contribution in [-0.2, 0) is 9.53 Å². The molecule has 0 aromatic heterocycles. The van der Waals surface area contributed by atoms with E-state index in [1.165, 1.54) is 23.6 Å². The van der Waals surface area contributed by atoms with Gasteiger partial charge in [0.15, 0.2) is 0 Å².